The number of nitrogens with two attached hydrogens (primary N) is 1. The van der Waals surface area contributed by atoms with Crippen LogP contribution in [0, 0.1) is 0 Å². The fraction of sp³-hybridized carbons (Fsp3) is 0.167. The van der Waals surface area contributed by atoms with E-state index in [2.05, 4.69) is 15.3 Å². The molecule has 2 aromatic rings. The first kappa shape index (κ1) is 12.4. The molecular weight excluding hydrogens is 252 g/mol. The normalized spacial score (nSPS) is 10.3. The van der Waals surface area contributed by atoms with Crippen molar-refractivity contribution >= 4 is 23.2 Å². The zero-order chi connectivity index (χ0) is 13.0. The van der Waals surface area contributed by atoms with Gasteiger partial charge in [0.25, 0.3) is 5.91 Å². The Morgan fingerprint density at radius 2 is 2.33 bits per heavy atom. The zero-order valence-corrected chi connectivity index (χ0v) is 10.4. The lowest BCUT2D eigenvalue weighted by Crippen LogP contribution is -2.26. The molecule has 0 saturated heterocycles. The highest BCUT2D eigenvalue weighted by Crippen LogP contribution is 2.19. The molecule has 2 rings (SSSR count). The number of nitrogens with one attached hydrogen (secondary N) is 2. The Balaban J connectivity index is 1.89. The Bertz CT molecular complexity index is 539. The average Bonchev–Trinajstić information content (AvgIpc) is 2.85. The van der Waals surface area contributed by atoms with Crippen molar-refractivity contribution in [1.82, 2.24) is 15.3 Å². The van der Waals surface area contributed by atoms with Gasteiger partial charge in [-0.2, -0.15) is 0 Å². The van der Waals surface area contributed by atoms with Gasteiger partial charge in [-0.3, -0.25) is 4.79 Å². The van der Waals surface area contributed by atoms with E-state index < -0.39 is 0 Å². The molecule has 0 aliphatic carbocycles. The number of halogens is 1. The highest BCUT2D eigenvalue weighted by Gasteiger charge is 2.07. The van der Waals surface area contributed by atoms with Gasteiger partial charge in [-0.25, -0.2) is 4.98 Å². The van der Waals surface area contributed by atoms with Gasteiger partial charge in [0.05, 0.1) is 10.7 Å². The molecule has 0 fully saturated rings. The molecule has 0 atom stereocenters. The molecule has 1 aromatic heterocycles. The van der Waals surface area contributed by atoms with Gasteiger partial charge in [0, 0.05) is 30.9 Å². The molecule has 0 aliphatic heterocycles. The van der Waals surface area contributed by atoms with Crippen LogP contribution in [0.25, 0.3) is 0 Å². The molecule has 1 heterocycles. The molecule has 0 aliphatic rings. The maximum atomic E-state index is 11.8. The van der Waals surface area contributed by atoms with E-state index in [1.165, 1.54) is 0 Å². The summed E-state index contributed by atoms with van der Waals surface area (Å²) in [7, 11) is 0. The van der Waals surface area contributed by atoms with Crippen LogP contribution in [0.1, 0.15) is 16.2 Å². The summed E-state index contributed by atoms with van der Waals surface area (Å²) in [6.07, 6.45) is 4.08. The number of aromatic amines is 1. The van der Waals surface area contributed by atoms with Gasteiger partial charge in [-0.05, 0) is 18.2 Å². The fourth-order valence-corrected chi connectivity index (χ4v) is 1.63. The average molecular weight is 265 g/mol. The molecule has 0 saturated carbocycles. The van der Waals surface area contributed by atoms with Crippen molar-refractivity contribution < 1.29 is 4.79 Å². The number of nitrogens with zero attached hydrogens (tertiary/aromatic N) is 1. The maximum Gasteiger partial charge on any atom is 0.251 e. The van der Waals surface area contributed by atoms with E-state index in [1.54, 1.807) is 30.6 Å². The lowest BCUT2D eigenvalue weighted by atomic mass is 10.2. The number of H-pyrrole nitrogens is 1. The lowest BCUT2D eigenvalue weighted by Gasteiger charge is -2.05. The minimum Gasteiger partial charge on any atom is -0.398 e. The highest BCUT2D eigenvalue weighted by atomic mass is 35.5. The van der Waals surface area contributed by atoms with Crippen molar-refractivity contribution in [3.05, 3.63) is 47.0 Å². The quantitative estimate of drug-likeness (QED) is 0.734. The summed E-state index contributed by atoms with van der Waals surface area (Å²) in [5.74, 6) is 0.663. The number of carbonyl (C=O) groups excluding carboxylic acids is 1. The van der Waals surface area contributed by atoms with Crippen molar-refractivity contribution in [2.45, 2.75) is 6.42 Å². The number of nitrogen functional groups attached to an aromatic ring is 1. The second-order valence-corrected chi connectivity index (χ2v) is 4.19. The Labute approximate surface area is 109 Å². The van der Waals surface area contributed by atoms with Gasteiger partial charge < -0.3 is 16.0 Å². The molecule has 0 spiro atoms. The van der Waals surface area contributed by atoms with Gasteiger partial charge in [-0.1, -0.05) is 11.6 Å². The Kier molecular flexibility index (Phi) is 3.84. The van der Waals surface area contributed by atoms with Crippen LogP contribution in [0.15, 0.2) is 30.6 Å². The third kappa shape index (κ3) is 3.01. The summed E-state index contributed by atoms with van der Waals surface area (Å²) >= 11 is 5.79. The second kappa shape index (κ2) is 5.55. The summed E-state index contributed by atoms with van der Waals surface area (Å²) in [5.41, 5.74) is 6.53. The first-order chi connectivity index (χ1) is 8.66. The largest absolute Gasteiger partial charge is 0.398 e. The molecular formula is C12H13ClN4O. The number of anilines is 1. The molecule has 0 bridgehead atoms. The highest BCUT2D eigenvalue weighted by molar-refractivity contribution is 6.33. The van der Waals surface area contributed by atoms with Crippen LogP contribution < -0.4 is 11.1 Å². The number of imidazole rings is 1. The predicted molar refractivity (Wildman–Crippen MR) is 70.5 cm³/mol. The molecule has 0 unspecified atom stereocenters. The van der Waals surface area contributed by atoms with Crippen LogP contribution >= 0.6 is 11.6 Å². The van der Waals surface area contributed by atoms with Crippen LogP contribution in [-0.4, -0.2) is 22.4 Å². The molecule has 4 N–H and O–H groups in total. The van der Waals surface area contributed by atoms with E-state index in [4.69, 9.17) is 17.3 Å². The minimum atomic E-state index is -0.176. The number of rotatable bonds is 4. The first-order valence-corrected chi connectivity index (χ1v) is 5.86. The number of aromatic nitrogens is 2. The third-order valence-corrected chi connectivity index (χ3v) is 2.80. The van der Waals surface area contributed by atoms with Crippen molar-refractivity contribution in [3.8, 4) is 0 Å². The molecule has 0 radical (unpaired) electrons. The molecule has 5 nitrogen and oxygen atoms in total. The number of amides is 1. The molecule has 1 aromatic carbocycles. The molecule has 94 valence electrons. The monoisotopic (exact) mass is 264 g/mol. The van der Waals surface area contributed by atoms with Crippen LogP contribution in [0.3, 0.4) is 0 Å². The summed E-state index contributed by atoms with van der Waals surface area (Å²) in [6, 6.07) is 4.81. The lowest BCUT2D eigenvalue weighted by molar-refractivity contribution is 0.0954. The van der Waals surface area contributed by atoms with E-state index in [0.717, 1.165) is 5.82 Å². The first-order valence-electron chi connectivity index (χ1n) is 5.48. The minimum absolute atomic E-state index is 0.176. The van der Waals surface area contributed by atoms with Crippen LogP contribution in [0.2, 0.25) is 5.02 Å². The van der Waals surface area contributed by atoms with Crippen molar-refractivity contribution in [1.29, 1.82) is 0 Å². The smallest absolute Gasteiger partial charge is 0.251 e. The standard InChI is InChI=1S/C12H13ClN4O/c13-9-2-1-8(7-10(9)14)12(18)17-4-3-11-15-5-6-16-11/h1-2,5-7H,3-4,14H2,(H,15,16)(H,17,18). The zero-order valence-electron chi connectivity index (χ0n) is 9.61. The van der Waals surface area contributed by atoms with E-state index in [9.17, 15) is 4.79 Å². The third-order valence-electron chi connectivity index (χ3n) is 2.46. The predicted octanol–water partition coefficient (Wildman–Crippen LogP) is 1.62. The number of hydrogen-bond acceptors (Lipinski definition) is 3. The van der Waals surface area contributed by atoms with E-state index in [-0.39, 0.29) is 5.91 Å². The van der Waals surface area contributed by atoms with E-state index >= 15 is 0 Å². The fourth-order valence-electron chi connectivity index (χ4n) is 1.52. The number of hydrogen-bond donors (Lipinski definition) is 3. The topological polar surface area (TPSA) is 83.8 Å². The van der Waals surface area contributed by atoms with Crippen LogP contribution in [0.5, 0.6) is 0 Å². The van der Waals surface area contributed by atoms with Crippen molar-refractivity contribution in [2.24, 2.45) is 0 Å². The summed E-state index contributed by atoms with van der Waals surface area (Å²) in [6.45, 7) is 0.509. The van der Waals surface area contributed by atoms with Crippen molar-refractivity contribution in [2.75, 3.05) is 12.3 Å². The summed E-state index contributed by atoms with van der Waals surface area (Å²) in [4.78, 5) is 18.8. The van der Waals surface area contributed by atoms with Gasteiger partial charge in [0.2, 0.25) is 0 Å². The molecule has 6 heteroatoms. The van der Waals surface area contributed by atoms with Crippen LogP contribution in [-0.2, 0) is 6.42 Å². The van der Waals surface area contributed by atoms with Crippen LogP contribution in [0.4, 0.5) is 5.69 Å². The number of carbonyl (C=O) groups is 1. The molecule has 18 heavy (non-hydrogen) atoms. The van der Waals surface area contributed by atoms with Gasteiger partial charge in [0.1, 0.15) is 5.82 Å². The Morgan fingerprint density at radius 1 is 1.50 bits per heavy atom. The SMILES string of the molecule is Nc1cc(C(=O)NCCc2ncc[nH]2)ccc1Cl. The van der Waals surface area contributed by atoms with Crippen molar-refractivity contribution in [3.63, 3.8) is 0 Å². The Morgan fingerprint density at radius 3 is 3.00 bits per heavy atom. The van der Waals surface area contributed by atoms with E-state index in [1.807, 2.05) is 0 Å². The molecule has 1 amide bonds. The van der Waals surface area contributed by atoms with Gasteiger partial charge >= 0.3 is 0 Å². The van der Waals surface area contributed by atoms with Gasteiger partial charge in [0.15, 0.2) is 0 Å². The number of benzene rings is 1. The van der Waals surface area contributed by atoms with Gasteiger partial charge in [-0.15, -0.1) is 0 Å². The second-order valence-electron chi connectivity index (χ2n) is 3.78. The summed E-state index contributed by atoms with van der Waals surface area (Å²) in [5, 5.41) is 3.23. The maximum absolute atomic E-state index is 11.8. The van der Waals surface area contributed by atoms with E-state index in [0.29, 0.717) is 29.2 Å². The summed E-state index contributed by atoms with van der Waals surface area (Å²) < 4.78 is 0. The Hall–Kier alpha value is -2.01.